The first-order chi connectivity index (χ1) is 11.7. The molecule has 3 rings (SSSR count). The Morgan fingerprint density at radius 1 is 1.04 bits per heavy atom. The monoisotopic (exact) mass is 324 g/mol. The Kier molecular flexibility index (Phi) is 5.05. The van der Waals surface area contributed by atoms with Gasteiger partial charge in [0.05, 0.1) is 20.3 Å². The highest BCUT2D eigenvalue weighted by Gasteiger charge is 2.07. The second-order valence-electron chi connectivity index (χ2n) is 5.46. The van der Waals surface area contributed by atoms with E-state index in [1.807, 2.05) is 55.5 Å². The van der Waals surface area contributed by atoms with Crippen LogP contribution in [0.3, 0.4) is 0 Å². The van der Waals surface area contributed by atoms with Crippen molar-refractivity contribution in [3.8, 4) is 22.9 Å². The first-order valence-electron chi connectivity index (χ1n) is 7.86. The third-order valence-electron chi connectivity index (χ3n) is 3.54. The fraction of sp³-hybridized carbons (Fsp3) is 0.278. The van der Waals surface area contributed by atoms with Crippen LogP contribution < -0.4 is 9.47 Å². The molecule has 0 spiro atoms. The highest BCUT2D eigenvalue weighted by Crippen LogP contribution is 2.19. The number of methoxy groups -OCH3 is 1. The van der Waals surface area contributed by atoms with E-state index in [2.05, 4.69) is 15.4 Å². The summed E-state index contributed by atoms with van der Waals surface area (Å²) in [4.78, 5) is 1.59. The Hall–Kier alpha value is -2.89. The van der Waals surface area contributed by atoms with Crippen molar-refractivity contribution in [1.82, 2.24) is 20.2 Å². The average Bonchev–Trinajstić information content (AvgIpc) is 3.08. The van der Waals surface area contributed by atoms with Gasteiger partial charge in [-0.25, -0.2) is 0 Å². The zero-order valence-corrected chi connectivity index (χ0v) is 13.8. The predicted octanol–water partition coefficient (Wildman–Crippen LogP) is 3.13. The third-order valence-corrected chi connectivity index (χ3v) is 3.54. The van der Waals surface area contributed by atoms with Crippen LogP contribution in [0, 0.1) is 6.92 Å². The van der Waals surface area contributed by atoms with Crippen molar-refractivity contribution in [3.63, 3.8) is 0 Å². The second-order valence-corrected chi connectivity index (χ2v) is 5.46. The Balaban J connectivity index is 1.52. The molecule has 124 valence electrons. The molecule has 1 heterocycles. The molecule has 0 atom stereocenters. The van der Waals surface area contributed by atoms with Crippen molar-refractivity contribution < 1.29 is 9.47 Å². The zero-order chi connectivity index (χ0) is 16.8. The molecule has 0 aliphatic rings. The van der Waals surface area contributed by atoms with Crippen molar-refractivity contribution in [2.75, 3.05) is 13.7 Å². The minimum Gasteiger partial charge on any atom is -0.497 e. The summed E-state index contributed by atoms with van der Waals surface area (Å²) in [5.41, 5.74) is 2.07. The highest BCUT2D eigenvalue weighted by molar-refractivity contribution is 5.56. The molecule has 0 aliphatic heterocycles. The Morgan fingerprint density at radius 3 is 2.71 bits per heavy atom. The lowest BCUT2D eigenvalue weighted by Gasteiger charge is -2.06. The van der Waals surface area contributed by atoms with Gasteiger partial charge in [0.15, 0.2) is 0 Å². The van der Waals surface area contributed by atoms with Crippen LogP contribution in [0.15, 0.2) is 48.5 Å². The van der Waals surface area contributed by atoms with E-state index in [1.54, 1.807) is 11.9 Å². The van der Waals surface area contributed by atoms with Crippen molar-refractivity contribution in [2.24, 2.45) is 0 Å². The lowest BCUT2D eigenvalue weighted by Crippen LogP contribution is -2.07. The summed E-state index contributed by atoms with van der Waals surface area (Å²) in [5.74, 6) is 2.25. The summed E-state index contributed by atoms with van der Waals surface area (Å²) in [6, 6.07) is 15.6. The molecular weight excluding hydrogens is 304 g/mol. The van der Waals surface area contributed by atoms with Gasteiger partial charge in [0.25, 0.3) is 0 Å². The molecule has 3 aromatic rings. The number of hydrogen-bond donors (Lipinski definition) is 0. The summed E-state index contributed by atoms with van der Waals surface area (Å²) in [7, 11) is 1.64. The van der Waals surface area contributed by atoms with E-state index >= 15 is 0 Å². The highest BCUT2D eigenvalue weighted by atomic mass is 16.5. The molecule has 0 radical (unpaired) electrons. The van der Waals surface area contributed by atoms with Gasteiger partial charge in [0.2, 0.25) is 5.82 Å². The van der Waals surface area contributed by atoms with Gasteiger partial charge in [-0.3, -0.25) is 0 Å². The molecule has 0 saturated heterocycles. The molecule has 1 aromatic heterocycles. The summed E-state index contributed by atoms with van der Waals surface area (Å²) in [6.45, 7) is 3.31. The molecule has 0 fully saturated rings. The quantitative estimate of drug-likeness (QED) is 0.625. The minimum atomic E-state index is 0.591. The van der Waals surface area contributed by atoms with Gasteiger partial charge in [-0.05, 0) is 42.0 Å². The molecule has 6 heteroatoms. The zero-order valence-electron chi connectivity index (χ0n) is 13.8. The summed E-state index contributed by atoms with van der Waals surface area (Å²) >= 11 is 0. The van der Waals surface area contributed by atoms with E-state index in [1.165, 1.54) is 5.56 Å². The number of aromatic nitrogens is 4. The number of tetrazole rings is 1. The van der Waals surface area contributed by atoms with Gasteiger partial charge in [-0.2, -0.15) is 4.80 Å². The largest absolute Gasteiger partial charge is 0.497 e. The van der Waals surface area contributed by atoms with Crippen LogP contribution in [0.2, 0.25) is 0 Å². The van der Waals surface area contributed by atoms with Crippen molar-refractivity contribution in [2.45, 2.75) is 19.9 Å². The van der Waals surface area contributed by atoms with Crippen LogP contribution in [0.5, 0.6) is 11.5 Å². The summed E-state index contributed by atoms with van der Waals surface area (Å²) in [6.07, 6.45) is 0.807. The molecule has 0 saturated carbocycles. The number of hydrogen-bond acceptors (Lipinski definition) is 5. The molecule has 0 unspecified atom stereocenters. The van der Waals surface area contributed by atoms with E-state index in [4.69, 9.17) is 9.47 Å². The normalized spacial score (nSPS) is 10.6. The number of aryl methyl sites for hydroxylation is 2. The van der Waals surface area contributed by atoms with E-state index in [0.29, 0.717) is 19.0 Å². The smallest absolute Gasteiger partial charge is 0.205 e. The molecule has 0 aliphatic carbocycles. The predicted molar refractivity (Wildman–Crippen MR) is 91.1 cm³/mol. The van der Waals surface area contributed by atoms with E-state index in [9.17, 15) is 0 Å². The molecule has 24 heavy (non-hydrogen) atoms. The third kappa shape index (κ3) is 4.10. The summed E-state index contributed by atoms with van der Waals surface area (Å²) < 4.78 is 10.9. The van der Waals surface area contributed by atoms with E-state index in [0.717, 1.165) is 23.5 Å². The molecule has 0 N–H and O–H groups in total. The van der Waals surface area contributed by atoms with Gasteiger partial charge in [0.1, 0.15) is 11.5 Å². The maximum absolute atomic E-state index is 5.72. The SMILES string of the molecule is COc1cccc(-c2nnn(CCCOc3cccc(C)c3)n2)c1. The standard InChI is InChI=1S/C18H20N4O2/c1-14-6-3-9-17(12-14)24-11-5-10-22-20-18(19-21-22)15-7-4-8-16(13-15)23-2/h3-4,6-9,12-13H,5,10-11H2,1-2H3. The van der Waals surface area contributed by atoms with Crippen LogP contribution in [0.4, 0.5) is 0 Å². The fourth-order valence-electron chi connectivity index (χ4n) is 2.32. The Labute approximate surface area is 141 Å². The van der Waals surface area contributed by atoms with Crippen LogP contribution in [-0.2, 0) is 6.54 Å². The number of nitrogens with zero attached hydrogens (tertiary/aromatic N) is 4. The molecule has 6 nitrogen and oxygen atoms in total. The van der Waals surface area contributed by atoms with Crippen LogP contribution in [0.25, 0.3) is 11.4 Å². The van der Waals surface area contributed by atoms with Crippen molar-refractivity contribution >= 4 is 0 Å². The van der Waals surface area contributed by atoms with Gasteiger partial charge >= 0.3 is 0 Å². The van der Waals surface area contributed by atoms with E-state index in [-0.39, 0.29) is 0 Å². The minimum absolute atomic E-state index is 0.591. The Bertz CT molecular complexity index is 801. The topological polar surface area (TPSA) is 62.1 Å². The number of ether oxygens (including phenoxy) is 2. The molecule has 0 amide bonds. The van der Waals surface area contributed by atoms with Crippen LogP contribution in [-0.4, -0.2) is 33.9 Å². The van der Waals surface area contributed by atoms with Crippen molar-refractivity contribution in [1.29, 1.82) is 0 Å². The first-order valence-corrected chi connectivity index (χ1v) is 7.86. The van der Waals surface area contributed by atoms with Crippen LogP contribution >= 0.6 is 0 Å². The fourth-order valence-corrected chi connectivity index (χ4v) is 2.32. The lowest BCUT2D eigenvalue weighted by molar-refractivity contribution is 0.293. The Morgan fingerprint density at radius 2 is 1.88 bits per heavy atom. The van der Waals surface area contributed by atoms with Gasteiger partial charge < -0.3 is 9.47 Å². The average molecular weight is 324 g/mol. The lowest BCUT2D eigenvalue weighted by atomic mass is 10.2. The maximum atomic E-state index is 5.72. The molecule has 0 bridgehead atoms. The number of benzene rings is 2. The molecular formula is C18H20N4O2. The van der Waals surface area contributed by atoms with Crippen LogP contribution in [0.1, 0.15) is 12.0 Å². The maximum Gasteiger partial charge on any atom is 0.205 e. The summed E-state index contributed by atoms with van der Waals surface area (Å²) in [5, 5.41) is 12.6. The van der Waals surface area contributed by atoms with Gasteiger partial charge in [-0.15, -0.1) is 10.2 Å². The second kappa shape index (κ2) is 7.59. The molecule has 2 aromatic carbocycles. The number of rotatable bonds is 7. The van der Waals surface area contributed by atoms with E-state index < -0.39 is 0 Å². The first kappa shape index (κ1) is 16.0. The van der Waals surface area contributed by atoms with Gasteiger partial charge in [0, 0.05) is 12.0 Å². The van der Waals surface area contributed by atoms with Gasteiger partial charge in [-0.1, -0.05) is 24.3 Å². The van der Waals surface area contributed by atoms with Crippen molar-refractivity contribution in [3.05, 3.63) is 54.1 Å².